The highest BCUT2D eigenvalue weighted by Gasteiger charge is 2.07. The molecule has 76 valence electrons. The lowest BCUT2D eigenvalue weighted by Crippen LogP contribution is -1.97. The molecule has 0 aromatic heterocycles. The topological polar surface area (TPSA) is 9.23 Å². The van der Waals surface area contributed by atoms with Crippen LogP contribution in [0, 0.1) is 11.6 Å². The van der Waals surface area contributed by atoms with Gasteiger partial charge in [0, 0.05) is 5.75 Å². The molecule has 0 amide bonds. The summed E-state index contributed by atoms with van der Waals surface area (Å²) in [6.45, 7) is 0.209. The van der Waals surface area contributed by atoms with E-state index in [0.717, 1.165) is 6.07 Å². The lowest BCUT2D eigenvalue weighted by Gasteiger charge is -2.04. The van der Waals surface area contributed by atoms with E-state index in [-0.39, 0.29) is 12.4 Å². The Morgan fingerprint density at radius 2 is 2.07 bits per heavy atom. The molecule has 0 aliphatic carbocycles. The number of benzene rings is 1. The number of halogens is 2. The molecule has 0 heterocycles. The first-order chi connectivity index (χ1) is 6.75. The Bertz CT molecular complexity index is 326. The standard InChI is InChI=1S/C10H10F2OS/c11-8-4-3-5-9(10(8)12)13-6-1-2-7-14/h1-5,14H,6-7H2. The minimum Gasteiger partial charge on any atom is -0.486 e. The monoisotopic (exact) mass is 216 g/mol. The molecule has 4 heteroatoms. The van der Waals surface area contributed by atoms with Crippen molar-refractivity contribution in [2.24, 2.45) is 0 Å². The zero-order chi connectivity index (χ0) is 10.4. The Hall–Kier alpha value is -1.03. The van der Waals surface area contributed by atoms with Gasteiger partial charge in [-0.05, 0) is 12.1 Å². The third-order valence-electron chi connectivity index (χ3n) is 1.52. The van der Waals surface area contributed by atoms with Crippen molar-refractivity contribution in [3.63, 3.8) is 0 Å². The SMILES string of the molecule is Fc1cccc(OCC=CCS)c1F. The van der Waals surface area contributed by atoms with Crippen LogP contribution >= 0.6 is 12.6 Å². The van der Waals surface area contributed by atoms with Gasteiger partial charge in [-0.15, -0.1) is 0 Å². The highest BCUT2D eigenvalue weighted by Crippen LogP contribution is 2.18. The molecule has 0 aliphatic heterocycles. The molecule has 0 N–H and O–H groups in total. The fourth-order valence-corrected chi connectivity index (χ4v) is 1.03. The molecular formula is C10H10F2OS. The molecule has 0 fully saturated rings. The van der Waals surface area contributed by atoms with Gasteiger partial charge in [0.2, 0.25) is 5.82 Å². The maximum Gasteiger partial charge on any atom is 0.200 e. The Kier molecular flexibility index (Phi) is 4.46. The summed E-state index contributed by atoms with van der Waals surface area (Å²) in [5.74, 6) is -1.34. The second-order valence-electron chi connectivity index (χ2n) is 2.52. The van der Waals surface area contributed by atoms with E-state index < -0.39 is 11.6 Å². The van der Waals surface area contributed by atoms with Gasteiger partial charge in [0.05, 0.1) is 0 Å². The molecule has 0 atom stereocenters. The quantitative estimate of drug-likeness (QED) is 0.601. The van der Waals surface area contributed by atoms with Crippen LogP contribution in [0.25, 0.3) is 0 Å². The Balaban J connectivity index is 2.59. The number of thiol groups is 1. The Morgan fingerprint density at radius 3 is 2.79 bits per heavy atom. The van der Waals surface area contributed by atoms with E-state index in [1.54, 1.807) is 12.2 Å². The molecule has 0 unspecified atom stereocenters. The van der Waals surface area contributed by atoms with Crippen LogP contribution < -0.4 is 4.74 Å². The van der Waals surface area contributed by atoms with E-state index in [9.17, 15) is 8.78 Å². The molecule has 1 nitrogen and oxygen atoms in total. The van der Waals surface area contributed by atoms with Crippen LogP contribution in [0.15, 0.2) is 30.4 Å². The predicted octanol–water partition coefficient (Wildman–Crippen LogP) is 2.83. The normalized spacial score (nSPS) is 10.8. The van der Waals surface area contributed by atoms with Crippen molar-refractivity contribution in [3.8, 4) is 5.75 Å². The zero-order valence-electron chi connectivity index (χ0n) is 7.41. The third kappa shape index (κ3) is 3.03. The molecule has 14 heavy (non-hydrogen) atoms. The van der Waals surface area contributed by atoms with Crippen LogP contribution in [-0.4, -0.2) is 12.4 Å². The summed E-state index contributed by atoms with van der Waals surface area (Å²) in [6, 6.07) is 3.83. The van der Waals surface area contributed by atoms with E-state index in [4.69, 9.17) is 4.74 Å². The van der Waals surface area contributed by atoms with Gasteiger partial charge in [0.25, 0.3) is 0 Å². The molecule has 0 saturated heterocycles. The number of hydrogen-bond acceptors (Lipinski definition) is 2. The van der Waals surface area contributed by atoms with E-state index in [1.165, 1.54) is 12.1 Å². The van der Waals surface area contributed by atoms with Gasteiger partial charge < -0.3 is 4.74 Å². The summed E-state index contributed by atoms with van der Waals surface area (Å²) < 4.78 is 30.6. The number of ether oxygens (including phenoxy) is 1. The summed E-state index contributed by atoms with van der Waals surface area (Å²) in [4.78, 5) is 0. The highest BCUT2D eigenvalue weighted by molar-refractivity contribution is 7.80. The first-order valence-electron chi connectivity index (χ1n) is 4.08. The second kappa shape index (κ2) is 5.65. The smallest absolute Gasteiger partial charge is 0.200 e. The van der Waals surface area contributed by atoms with Crippen molar-refractivity contribution in [1.82, 2.24) is 0 Å². The third-order valence-corrected chi connectivity index (χ3v) is 1.73. The number of rotatable bonds is 4. The Morgan fingerprint density at radius 1 is 1.29 bits per heavy atom. The van der Waals surface area contributed by atoms with E-state index in [1.807, 2.05) is 0 Å². The van der Waals surface area contributed by atoms with Gasteiger partial charge in [0.1, 0.15) is 6.61 Å². The first kappa shape index (κ1) is 11.0. The maximum absolute atomic E-state index is 13.0. The van der Waals surface area contributed by atoms with Crippen molar-refractivity contribution < 1.29 is 13.5 Å². The highest BCUT2D eigenvalue weighted by atomic mass is 32.1. The van der Waals surface area contributed by atoms with Crippen LogP contribution in [0.5, 0.6) is 5.75 Å². The van der Waals surface area contributed by atoms with Gasteiger partial charge in [-0.1, -0.05) is 18.2 Å². The Labute approximate surface area is 86.8 Å². The van der Waals surface area contributed by atoms with Crippen molar-refractivity contribution in [2.45, 2.75) is 0 Å². The van der Waals surface area contributed by atoms with E-state index >= 15 is 0 Å². The number of hydrogen-bond donors (Lipinski definition) is 1. The summed E-state index contributed by atoms with van der Waals surface area (Å²) in [6.07, 6.45) is 3.46. The molecule has 1 aromatic rings. The molecule has 0 bridgehead atoms. The summed E-state index contributed by atoms with van der Waals surface area (Å²) >= 11 is 3.94. The largest absolute Gasteiger partial charge is 0.486 e. The van der Waals surface area contributed by atoms with Crippen LogP contribution in [0.1, 0.15) is 0 Å². The molecule has 0 aliphatic rings. The molecule has 0 radical (unpaired) electrons. The van der Waals surface area contributed by atoms with Gasteiger partial charge in [0.15, 0.2) is 11.6 Å². The molecule has 1 aromatic carbocycles. The van der Waals surface area contributed by atoms with Gasteiger partial charge in [-0.3, -0.25) is 0 Å². The maximum atomic E-state index is 13.0. The van der Waals surface area contributed by atoms with Crippen LogP contribution in [0.2, 0.25) is 0 Å². The second-order valence-corrected chi connectivity index (χ2v) is 2.88. The fraction of sp³-hybridized carbons (Fsp3) is 0.200. The summed E-state index contributed by atoms with van der Waals surface area (Å²) in [5.41, 5.74) is 0. The van der Waals surface area contributed by atoms with E-state index in [0.29, 0.717) is 5.75 Å². The molecule has 1 rings (SSSR count). The van der Waals surface area contributed by atoms with Crippen LogP contribution in [0.3, 0.4) is 0 Å². The summed E-state index contributed by atoms with van der Waals surface area (Å²) in [5, 5.41) is 0. The fourth-order valence-electron chi connectivity index (χ4n) is 0.876. The van der Waals surface area contributed by atoms with Crippen LogP contribution in [-0.2, 0) is 0 Å². The molecule has 0 saturated carbocycles. The van der Waals surface area contributed by atoms with Gasteiger partial charge in [-0.25, -0.2) is 4.39 Å². The van der Waals surface area contributed by atoms with Crippen molar-refractivity contribution in [1.29, 1.82) is 0 Å². The molecular weight excluding hydrogens is 206 g/mol. The average Bonchev–Trinajstić information content (AvgIpc) is 2.19. The minimum absolute atomic E-state index is 0.0752. The van der Waals surface area contributed by atoms with Crippen molar-refractivity contribution >= 4 is 12.6 Å². The van der Waals surface area contributed by atoms with Crippen molar-refractivity contribution in [2.75, 3.05) is 12.4 Å². The first-order valence-corrected chi connectivity index (χ1v) is 4.71. The minimum atomic E-state index is -0.952. The van der Waals surface area contributed by atoms with Crippen molar-refractivity contribution in [3.05, 3.63) is 42.0 Å². The van der Waals surface area contributed by atoms with Crippen LogP contribution in [0.4, 0.5) is 8.78 Å². The zero-order valence-corrected chi connectivity index (χ0v) is 8.31. The van der Waals surface area contributed by atoms with Gasteiger partial charge >= 0.3 is 0 Å². The lowest BCUT2D eigenvalue weighted by molar-refractivity contribution is 0.332. The predicted molar refractivity (Wildman–Crippen MR) is 54.8 cm³/mol. The molecule has 0 spiro atoms. The lowest BCUT2D eigenvalue weighted by atomic mass is 10.3. The van der Waals surface area contributed by atoms with Gasteiger partial charge in [-0.2, -0.15) is 17.0 Å². The summed E-state index contributed by atoms with van der Waals surface area (Å²) in [7, 11) is 0. The van der Waals surface area contributed by atoms with E-state index in [2.05, 4.69) is 12.6 Å². The average molecular weight is 216 g/mol.